The van der Waals surface area contributed by atoms with Crippen LogP contribution in [-0.2, 0) is 0 Å². The lowest BCUT2D eigenvalue weighted by Crippen LogP contribution is -2.48. The van der Waals surface area contributed by atoms with E-state index < -0.39 is 6.09 Å². The van der Waals surface area contributed by atoms with E-state index in [1.54, 1.807) is 0 Å². The van der Waals surface area contributed by atoms with Gasteiger partial charge in [0.15, 0.2) is 5.82 Å². The second-order valence-electron chi connectivity index (χ2n) is 2.67. The summed E-state index contributed by atoms with van der Waals surface area (Å²) in [5.74, 6) is 0.795. The second-order valence-corrected chi connectivity index (χ2v) is 2.67. The Morgan fingerprint density at radius 3 is 2.92 bits per heavy atom. The monoisotopic (exact) mass is 169 g/mol. The van der Waals surface area contributed by atoms with Gasteiger partial charge in [-0.1, -0.05) is 0 Å². The van der Waals surface area contributed by atoms with Crippen LogP contribution in [-0.4, -0.2) is 49.8 Å². The van der Waals surface area contributed by atoms with Gasteiger partial charge >= 0.3 is 6.09 Å². The van der Waals surface area contributed by atoms with Gasteiger partial charge in [-0.25, -0.2) is 9.89 Å². The van der Waals surface area contributed by atoms with Crippen molar-refractivity contribution in [3.63, 3.8) is 0 Å². The molecule has 2 heterocycles. The zero-order valence-corrected chi connectivity index (χ0v) is 6.14. The Labute approximate surface area is 67.4 Å². The first-order valence-electron chi connectivity index (χ1n) is 3.49. The van der Waals surface area contributed by atoms with Crippen molar-refractivity contribution in [1.82, 2.24) is 25.5 Å². The normalized spacial score (nSPS) is 17.5. The molecule has 1 amide bonds. The van der Waals surface area contributed by atoms with Gasteiger partial charge in [0.2, 0.25) is 0 Å². The third-order valence-corrected chi connectivity index (χ3v) is 1.90. The van der Waals surface area contributed by atoms with Crippen LogP contribution in [0, 0.1) is 0 Å². The Balaban J connectivity index is 1.94. The van der Waals surface area contributed by atoms with E-state index in [1.165, 1.54) is 4.90 Å². The van der Waals surface area contributed by atoms with Gasteiger partial charge in [0.1, 0.15) is 0 Å². The first-order chi connectivity index (χ1) is 5.77. The Bertz CT molecular complexity index is 278. The number of carboxylic acid groups (broad SMARTS) is 1. The van der Waals surface area contributed by atoms with Crippen molar-refractivity contribution in [2.24, 2.45) is 0 Å². The van der Waals surface area contributed by atoms with E-state index in [0.717, 1.165) is 0 Å². The van der Waals surface area contributed by atoms with Crippen molar-refractivity contribution in [2.45, 2.75) is 5.92 Å². The average Bonchev–Trinajstić information content (AvgIpc) is 2.34. The van der Waals surface area contributed by atoms with Crippen molar-refractivity contribution in [1.29, 1.82) is 0 Å². The summed E-state index contributed by atoms with van der Waals surface area (Å²) in [5, 5.41) is 21.6. The lowest BCUT2D eigenvalue weighted by atomic mass is 10.0. The maximum atomic E-state index is 10.4. The molecule has 0 atom stereocenters. The summed E-state index contributed by atoms with van der Waals surface area (Å²) in [6.45, 7) is 0.957. The average molecular weight is 169 g/mol. The highest BCUT2D eigenvalue weighted by Crippen LogP contribution is 2.22. The topological polar surface area (TPSA) is 95.0 Å². The van der Waals surface area contributed by atoms with Gasteiger partial charge in [0.25, 0.3) is 0 Å². The largest absolute Gasteiger partial charge is 0.465 e. The van der Waals surface area contributed by atoms with Crippen molar-refractivity contribution in [2.75, 3.05) is 13.1 Å². The molecule has 12 heavy (non-hydrogen) atoms. The summed E-state index contributed by atoms with van der Waals surface area (Å²) in [6, 6.07) is 0. The van der Waals surface area contributed by atoms with Crippen molar-refractivity contribution in [3.8, 4) is 0 Å². The molecule has 1 aliphatic rings. The van der Waals surface area contributed by atoms with Crippen LogP contribution in [0.3, 0.4) is 0 Å². The smallest absolute Gasteiger partial charge is 0.407 e. The van der Waals surface area contributed by atoms with Gasteiger partial charge in [-0.3, -0.25) is 0 Å². The molecule has 64 valence electrons. The number of aromatic nitrogens is 4. The van der Waals surface area contributed by atoms with Crippen LogP contribution in [0.4, 0.5) is 4.79 Å². The summed E-state index contributed by atoms with van der Waals surface area (Å²) in [7, 11) is 0. The zero-order valence-electron chi connectivity index (χ0n) is 6.14. The van der Waals surface area contributed by atoms with Crippen LogP contribution in [0.2, 0.25) is 0 Å². The van der Waals surface area contributed by atoms with Gasteiger partial charge in [-0.05, 0) is 10.4 Å². The zero-order chi connectivity index (χ0) is 8.55. The number of H-pyrrole nitrogens is 1. The van der Waals surface area contributed by atoms with Gasteiger partial charge in [0, 0.05) is 13.1 Å². The molecule has 1 fully saturated rings. The molecule has 1 aromatic heterocycles. The molecule has 0 aliphatic carbocycles. The Morgan fingerprint density at radius 2 is 2.42 bits per heavy atom. The summed E-state index contributed by atoms with van der Waals surface area (Å²) >= 11 is 0. The number of carbonyl (C=O) groups is 1. The number of tetrazole rings is 1. The molecule has 1 aliphatic heterocycles. The van der Waals surface area contributed by atoms with Crippen LogP contribution < -0.4 is 0 Å². The number of hydrogen-bond acceptors (Lipinski definition) is 4. The number of nitrogens with zero attached hydrogens (tertiary/aromatic N) is 4. The molecule has 0 saturated carbocycles. The highest BCUT2D eigenvalue weighted by Gasteiger charge is 2.33. The molecule has 0 unspecified atom stereocenters. The molecule has 7 heteroatoms. The number of amides is 1. The van der Waals surface area contributed by atoms with E-state index in [2.05, 4.69) is 20.6 Å². The number of nitrogens with one attached hydrogen (secondary N) is 1. The van der Waals surface area contributed by atoms with Crippen molar-refractivity contribution in [3.05, 3.63) is 5.82 Å². The Hall–Kier alpha value is -1.66. The minimum absolute atomic E-state index is 0.135. The molecule has 0 radical (unpaired) electrons. The lowest BCUT2D eigenvalue weighted by molar-refractivity contribution is 0.103. The first kappa shape index (κ1) is 7.01. The predicted molar refractivity (Wildman–Crippen MR) is 36.5 cm³/mol. The maximum absolute atomic E-state index is 10.4. The van der Waals surface area contributed by atoms with Crippen LogP contribution in [0.1, 0.15) is 11.7 Å². The van der Waals surface area contributed by atoms with E-state index >= 15 is 0 Å². The number of hydrogen-bond donors (Lipinski definition) is 2. The minimum Gasteiger partial charge on any atom is -0.465 e. The second kappa shape index (κ2) is 2.43. The molecular formula is C5H7N5O2. The predicted octanol–water partition coefficient (Wildman–Crippen LogP) is -0.723. The minimum atomic E-state index is -0.890. The Kier molecular flexibility index (Phi) is 1.42. The van der Waals surface area contributed by atoms with E-state index in [4.69, 9.17) is 5.11 Å². The maximum Gasteiger partial charge on any atom is 0.407 e. The lowest BCUT2D eigenvalue weighted by Gasteiger charge is -2.34. The fourth-order valence-corrected chi connectivity index (χ4v) is 1.15. The molecule has 7 nitrogen and oxygen atoms in total. The number of likely N-dealkylation sites (tertiary alicyclic amines) is 1. The molecule has 0 spiro atoms. The van der Waals surface area contributed by atoms with Gasteiger partial charge in [-0.2, -0.15) is 0 Å². The highest BCUT2D eigenvalue weighted by atomic mass is 16.4. The van der Waals surface area contributed by atoms with Crippen LogP contribution >= 0.6 is 0 Å². The van der Waals surface area contributed by atoms with Crippen molar-refractivity contribution < 1.29 is 9.90 Å². The molecular weight excluding hydrogens is 162 g/mol. The highest BCUT2D eigenvalue weighted by molar-refractivity contribution is 5.66. The fourth-order valence-electron chi connectivity index (χ4n) is 1.15. The van der Waals surface area contributed by atoms with Gasteiger partial charge < -0.3 is 10.0 Å². The number of aromatic amines is 1. The van der Waals surface area contributed by atoms with Crippen LogP contribution in [0.5, 0.6) is 0 Å². The summed E-state index contributed by atoms with van der Waals surface area (Å²) < 4.78 is 0. The Morgan fingerprint density at radius 1 is 1.67 bits per heavy atom. The van der Waals surface area contributed by atoms with E-state index in [1.807, 2.05) is 0 Å². The SMILES string of the molecule is O=C(O)N1CC(c2nnn[nH]2)C1. The molecule has 0 aromatic carbocycles. The quantitative estimate of drug-likeness (QED) is 0.578. The molecule has 1 saturated heterocycles. The summed E-state index contributed by atoms with van der Waals surface area (Å²) in [6.07, 6.45) is -0.890. The van der Waals surface area contributed by atoms with Crippen LogP contribution in [0.15, 0.2) is 0 Å². The fraction of sp³-hybridized carbons (Fsp3) is 0.600. The number of rotatable bonds is 1. The molecule has 0 bridgehead atoms. The summed E-state index contributed by atoms with van der Waals surface area (Å²) in [4.78, 5) is 11.7. The van der Waals surface area contributed by atoms with Crippen molar-refractivity contribution >= 4 is 6.09 Å². The molecule has 1 aromatic rings. The standard InChI is InChI=1S/C5H7N5O2/c11-5(12)10-1-3(2-10)4-6-8-9-7-4/h3H,1-2H2,(H,11,12)(H,6,7,8,9). The summed E-state index contributed by atoms with van der Waals surface area (Å²) in [5.41, 5.74) is 0. The third-order valence-electron chi connectivity index (χ3n) is 1.90. The third kappa shape index (κ3) is 0.987. The first-order valence-corrected chi connectivity index (χ1v) is 3.49. The van der Waals surface area contributed by atoms with E-state index in [0.29, 0.717) is 18.9 Å². The van der Waals surface area contributed by atoms with E-state index in [9.17, 15) is 4.79 Å². The van der Waals surface area contributed by atoms with Gasteiger partial charge in [-0.15, -0.1) is 5.10 Å². The van der Waals surface area contributed by atoms with E-state index in [-0.39, 0.29) is 5.92 Å². The molecule has 2 N–H and O–H groups in total. The van der Waals surface area contributed by atoms with Crippen LogP contribution in [0.25, 0.3) is 0 Å². The van der Waals surface area contributed by atoms with Gasteiger partial charge in [0.05, 0.1) is 5.92 Å². The molecule has 2 rings (SSSR count).